The van der Waals surface area contributed by atoms with Crippen molar-refractivity contribution in [1.29, 1.82) is 0 Å². The normalized spacial score (nSPS) is 17.8. The van der Waals surface area contributed by atoms with Crippen LogP contribution in [0.1, 0.15) is 25.7 Å². The third-order valence-electron chi connectivity index (χ3n) is 2.12. The Bertz CT molecular complexity index is 143. The van der Waals surface area contributed by atoms with Gasteiger partial charge < -0.3 is 16.0 Å². The lowest BCUT2D eigenvalue weighted by molar-refractivity contribution is 0.236. The fourth-order valence-electron chi connectivity index (χ4n) is 1.48. The highest BCUT2D eigenvalue weighted by atomic mass is 16.2. The summed E-state index contributed by atoms with van der Waals surface area (Å²) in [6.07, 6.45) is 4.76. The molecule has 3 N–H and O–H groups in total. The Morgan fingerprint density at radius 1 is 1.42 bits per heavy atom. The number of carbonyl (C=O) groups is 1. The van der Waals surface area contributed by atoms with Crippen LogP contribution in [0, 0.1) is 0 Å². The molecule has 0 unspecified atom stereocenters. The topological polar surface area (TPSA) is 53.2 Å². The van der Waals surface area contributed by atoms with Gasteiger partial charge in [0.1, 0.15) is 0 Å². The Morgan fingerprint density at radius 3 is 2.67 bits per heavy atom. The van der Waals surface area contributed by atoms with Crippen LogP contribution in [-0.2, 0) is 0 Å². The maximum atomic E-state index is 11.1. The average Bonchev–Trinajstić information content (AvgIpc) is 2.53. The molecule has 0 aromatic rings. The van der Waals surface area contributed by atoms with Crippen LogP contribution in [0.2, 0.25) is 0 Å². The van der Waals surface area contributed by atoms with Crippen LogP contribution in [0.5, 0.6) is 0 Å². The van der Waals surface area contributed by atoms with E-state index in [1.54, 1.807) is 7.05 Å². The van der Waals surface area contributed by atoms with Crippen molar-refractivity contribution in [1.82, 2.24) is 16.0 Å². The average molecular weight is 171 g/mol. The molecule has 4 heteroatoms. The van der Waals surface area contributed by atoms with E-state index in [-0.39, 0.29) is 6.03 Å². The monoisotopic (exact) mass is 171 g/mol. The molecule has 0 bridgehead atoms. The lowest BCUT2D eigenvalue weighted by atomic mass is 10.3. The first-order valence-corrected chi connectivity index (χ1v) is 4.52. The number of hydrogen-bond acceptors (Lipinski definition) is 2. The van der Waals surface area contributed by atoms with Gasteiger partial charge in [0.05, 0.1) is 6.67 Å². The van der Waals surface area contributed by atoms with Gasteiger partial charge in [-0.25, -0.2) is 4.79 Å². The fraction of sp³-hybridized carbons (Fsp3) is 0.875. The number of carbonyl (C=O) groups excluding carboxylic acids is 1. The highest BCUT2D eigenvalue weighted by Crippen LogP contribution is 2.17. The van der Waals surface area contributed by atoms with Gasteiger partial charge in [-0.1, -0.05) is 12.8 Å². The number of urea groups is 1. The predicted octanol–water partition coefficient (Wildman–Crippen LogP) is 0.405. The molecule has 1 aliphatic carbocycles. The summed E-state index contributed by atoms with van der Waals surface area (Å²) in [5.74, 6) is 0. The molecule has 2 amide bonds. The van der Waals surface area contributed by atoms with Crippen molar-refractivity contribution >= 4 is 6.03 Å². The van der Waals surface area contributed by atoms with E-state index in [9.17, 15) is 4.79 Å². The van der Waals surface area contributed by atoms with Crippen LogP contribution >= 0.6 is 0 Å². The van der Waals surface area contributed by atoms with Crippen LogP contribution in [0.15, 0.2) is 0 Å². The molecule has 0 spiro atoms. The summed E-state index contributed by atoms with van der Waals surface area (Å²) in [5.41, 5.74) is 0. The Balaban J connectivity index is 2.08. The van der Waals surface area contributed by atoms with Gasteiger partial charge in [0.15, 0.2) is 0 Å². The summed E-state index contributed by atoms with van der Waals surface area (Å²) in [6, 6.07) is 0.345. The van der Waals surface area contributed by atoms with Crippen LogP contribution in [0.25, 0.3) is 0 Å². The summed E-state index contributed by atoms with van der Waals surface area (Å²) >= 11 is 0. The fourth-order valence-corrected chi connectivity index (χ4v) is 1.48. The minimum Gasteiger partial charge on any atom is -0.335 e. The molecule has 0 aromatic heterocycles. The largest absolute Gasteiger partial charge is 0.335 e. The zero-order valence-corrected chi connectivity index (χ0v) is 7.52. The minimum atomic E-state index is -0.0590. The lowest BCUT2D eigenvalue weighted by Gasteiger charge is -2.12. The van der Waals surface area contributed by atoms with Gasteiger partial charge in [-0.15, -0.1) is 0 Å². The molecule has 0 radical (unpaired) electrons. The summed E-state index contributed by atoms with van der Waals surface area (Å²) < 4.78 is 0. The number of rotatable bonds is 3. The van der Waals surface area contributed by atoms with E-state index in [1.807, 2.05) is 0 Å². The Kier molecular flexibility index (Phi) is 3.87. The zero-order chi connectivity index (χ0) is 8.81. The molecule has 12 heavy (non-hydrogen) atoms. The van der Waals surface area contributed by atoms with Gasteiger partial charge in [-0.2, -0.15) is 0 Å². The van der Waals surface area contributed by atoms with E-state index in [4.69, 9.17) is 0 Å². The molecule has 1 fully saturated rings. The first-order valence-electron chi connectivity index (χ1n) is 4.52. The Morgan fingerprint density at radius 2 is 2.08 bits per heavy atom. The van der Waals surface area contributed by atoms with E-state index in [0.717, 1.165) is 12.8 Å². The Hall–Kier alpha value is -0.770. The van der Waals surface area contributed by atoms with Gasteiger partial charge >= 0.3 is 6.03 Å². The maximum Gasteiger partial charge on any atom is 0.316 e. The van der Waals surface area contributed by atoms with Crippen molar-refractivity contribution < 1.29 is 4.79 Å². The first kappa shape index (κ1) is 9.32. The zero-order valence-electron chi connectivity index (χ0n) is 7.52. The van der Waals surface area contributed by atoms with Crippen LogP contribution < -0.4 is 16.0 Å². The van der Waals surface area contributed by atoms with E-state index >= 15 is 0 Å². The van der Waals surface area contributed by atoms with E-state index in [2.05, 4.69) is 16.0 Å². The van der Waals surface area contributed by atoms with Crippen molar-refractivity contribution in [2.75, 3.05) is 13.7 Å². The van der Waals surface area contributed by atoms with Crippen LogP contribution in [-0.4, -0.2) is 25.8 Å². The summed E-state index contributed by atoms with van der Waals surface area (Å²) in [7, 11) is 1.80. The van der Waals surface area contributed by atoms with E-state index in [1.165, 1.54) is 12.8 Å². The molecule has 1 rings (SSSR count). The Labute approximate surface area is 73.1 Å². The van der Waals surface area contributed by atoms with Gasteiger partial charge in [0.25, 0.3) is 0 Å². The number of amides is 2. The molecule has 4 nitrogen and oxygen atoms in total. The smallest absolute Gasteiger partial charge is 0.316 e. The second kappa shape index (κ2) is 4.98. The molecule has 0 heterocycles. The molecule has 1 aliphatic rings. The number of hydrogen-bond donors (Lipinski definition) is 3. The highest BCUT2D eigenvalue weighted by Gasteiger charge is 2.16. The van der Waals surface area contributed by atoms with Crippen molar-refractivity contribution in [3.05, 3.63) is 0 Å². The summed E-state index contributed by atoms with van der Waals surface area (Å²) in [5, 5.41) is 8.47. The maximum absolute atomic E-state index is 11.1. The second-order valence-corrected chi connectivity index (χ2v) is 3.16. The standard InChI is InChI=1S/C8H17N3O/c1-9-6-10-8(12)11-7-4-2-3-5-7/h7,9H,2-6H2,1H3,(H2,10,11,12). The third-order valence-corrected chi connectivity index (χ3v) is 2.12. The van der Waals surface area contributed by atoms with Gasteiger partial charge in [0, 0.05) is 6.04 Å². The second-order valence-electron chi connectivity index (χ2n) is 3.16. The van der Waals surface area contributed by atoms with Gasteiger partial charge in [-0.05, 0) is 19.9 Å². The molecule has 70 valence electrons. The van der Waals surface area contributed by atoms with Crippen molar-refractivity contribution in [2.24, 2.45) is 0 Å². The van der Waals surface area contributed by atoms with Crippen molar-refractivity contribution in [2.45, 2.75) is 31.7 Å². The molecule has 0 aliphatic heterocycles. The van der Waals surface area contributed by atoms with E-state index in [0.29, 0.717) is 12.7 Å². The quantitative estimate of drug-likeness (QED) is 0.538. The van der Waals surface area contributed by atoms with Crippen molar-refractivity contribution in [3.63, 3.8) is 0 Å². The van der Waals surface area contributed by atoms with E-state index < -0.39 is 0 Å². The summed E-state index contributed by atoms with van der Waals surface area (Å²) in [4.78, 5) is 11.1. The third kappa shape index (κ3) is 3.09. The predicted molar refractivity (Wildman–Crippen MR) is 47.9 cm³/mol. The molecular weight excluding hydrogens is 154 g/mol. The van der Waals surface area contributed by atoms with Gasteiger partial charge in [-0.3, -0.25) is 0 Å². The van der Waals surface area contributed by atoms with Crippen LogP contribution in [0.3, 0.4) is 0 Å². The highest BCUT2D eigenvalue weighted by molar-refractivity contribution is 5.74. The molecule has 1 saturated carbocycles. The minimum absolute atomic E-state index is 0.0590. The van der Waals surface area contributed by atoms with Crippen LogP contribution in [0.4, 0.5) is 4.79 Å². The van der Waals surface area contributed by atoms with Gasteiger partial charge in [0.2, 0.25) is 0 Å². The molecule has 0 aromatic carbocycles. The SMILES string of the molecule is CNCNC(=O)NC1CCCC1. The number of nitrogens with one attached hydrogen (secondary N) is 3. The molecule has 0 atom stereocenters. The summed E-state index contributed by atoms with van der Waals surface area (Å²) in [6.45, 7) is 0.526. The molecule has 0 saturated heterocycles. The molecular formula is C8H17N3O. The lowest BCUT2D eigenvalue weighted by Crippen LogP contribution is -2.43. The van der Waals surface area contributed by atoms with Crippen molar-refractivity contribution in [3.8, 4) is 0 Å². The first-order chi connectivity index (χ1) is 5.83.